The zero-order valence-corrected chi connectivity index (χ0v) is 19.1. The highest BCUT2D eigenvalue weighted by atomic mass is 32.2. The van der Waals surface area contributed by atoms with Crippen LogP contribution in [-0.4, -0.2) is 34.8 Å². The Balaban J connectivity index is 1.66. The van der Waals surface area contributed by atoms with Crippen molar-refractivity contribution in [1.29, 1.82) is 0 Å². The molecule has 1 heterocycles. The highest BCUT2D eigenvalue weighted by Crippen LogP contribution is 2.38. The van der Waals surface area contributed by atoms with Crippen LogP contribution in [0.2, 0.25) is 0 Å². The van der Waals surface area contributed by atoms with Crippen LogP contribution in [0, 0.1) is 0 Å². The largest absolute Gasteiger partial charge is 0.369 e. The second-order valence-corrected chi connectivity index (χ2v) is 8.97. The van der Waals surface area contributed by atoms with Crippen LogP contribution in [0.5, 0.6) is 0 Å². The predicted molar refractivity (Wildman–Crippen MR) is 136 cm³/mol. The Hall–Kier alpha value is -3.51. The number of fused-ring (bicyclic) bond motifs is 1. The van der Waals surface area contributed by atoms with Crippen molar-refractivity contribution in [3.8, 4) is 11.3 Å². The van der Waals surface area contributed by atoms with Gasteiger partial charge in [0.25, 0.3) is 0 Å². The van der Waals surface area contributed by atoms with Crippen molar-refractivity contribution in [2.75, 3.05) is 18.1 Å². The third-order valence-corrected chi connectivity index (χ3v) is 6.56. The van der Waals surface area contributed by atoms with Crippen LogP contribution in [0.25, 0.3) is 22.2 Å². The van der Waals surface area contributed by atoms with Gasteiger partial charge in [-0.05, 0) is 22.8 Å². The molecule has 0 aliphatic rings. The number of aromatic nitrogens is 1. The number of carbonyl (C=O) groups is 2. The number of benzene rings is 3. The Morgan fingerprint density at radius 2 is 1.58 bits per heavy atom. The third-order valence-electron chi connectivity index (χ3n) is 5.58. The maximum Gasteiger partial charge on any atom is 0.227 e. The number of hydrogen-bond acceptors (Lipinski definition) is 3. The van der Waals surface area contributed by atoms with Crippen LogP contribution in [0.3, 0.4) is 0 Å². The van der Waals surface area contributed by atoms with E-state index in [9.17, 15) is 9.59 Å². The van der Waals surface area contributed by atoms with E-state index in [4.69, 9.17) is 5.73 Å². The quantitative estimate of drug-likeness (QED) is 0.302. The van der Waals surface area contributed by atoms with Crippen LogP contribution in [0.1, 0.15) is 23.5 Å². The van der Waals surface area contributed by atoms with E-state index in [0.717, 1.165) is 27.7 Å². The summed E-state index contributed by atoms with van der Waals surface area (Å²) in [7, 11) is 0. The van der Waals surface area contributed by atoms with Gasteiger partial charge in [0.15, 0.2) is 0 Å². The average molecular weight is 458 g/mol. The SMILES string of the molecule is NC(=O)CSCCC(=O)NCC(c1ccccc1)c1c(-c2ccccc2)[nH]c2ccccc12. The molecular weight excluding hydrogens is 430 g/mol. The van der Waals surface area contributed by atoms with Gasteiger partial charge in [0.1, 0.15) is 0 Å². The number of nitrogens with two attached hydrogens (primary N) is 1. The van der Waals surface area contributed by atoms with E-state index in [2.05, 4.69) is 46.7 Å². The number of nitrogens with one attached hydrogen (secondary N) is 2. The van der Waals surface area contributed by atoms with Gasteiger partial charge >= 0.3 is 0 Å². The Morgan fingerprint density at radius 1 is 0.909 bits per heavy atom. The molecule has 1 atom stereocenters. The van der Waals surface area contributed by atoms with Gasteiger partial charge in [0.2, 0.25) is 11.8 Å². The number of aromatic amines is 1. The summed E-state index contributed by atoms with van der Waals surface area (Å²) in [4.78, 5) is 27.1. The molecule has 0 aliphatic carbocycles. The molecule has 0 bridgehead atoms. The first-order chi connectivity index (χ1) is 16.1. The van der Waals surface area contributed by atoms with Gasteiger partial charge in [-0.2, -0.15) is 11.8 Å². The highest BCUT2D eigenvalue weighted by molar-refractivity contribution is 7.99. The van der Waals surface area contributed by atoms with Crippen molar-refractivity contribution < 1.29 is 9.59 Å². The molecule has 1 unspecified atom stereocenters. The van der Waals surface area contributed by atoms with E-state index >= 15 is 0 Å². The summed E-state index contributed by atoms with van der Waals surface area (Å²) in [6.45, 7) is 0.477. The zero-order valence-electron chi connectivity index (χ0n) is 18.3. The van der Waals surface area contributed by atoms with Crippen LogP contribution < -0.4 is 11.1 Å². The number of primary amides is 1. The summed E-state index contributed by atoms with van der Waals surface area (Å²) >= 11 is 1.38. The lowest BCUT2D eigenvalue weighted by atomic mass is 9.87. The summed E-state index contributed by atoms with van der Waals surface area (Å²) in [5.41, 5.74) is 10.7. The van der Waals surface area contributed by atoms with E-state index in [-0.39, 0.29) is 23.5 Å². The maximum absolute atomic E-state index is 12.6. The number of amides is 2. The first-order valence-electron chi connectivity index (χ1n) is 11.0. The Kier molecular flexibility index (Phi) is 7.47. The van der Waals surface area contributed by atoms with Gasteiger partial charge in [-0.15, -0.1) is 0 Å². The summed E-state index contributed by atoms with van der Waals surface area (Å²) in [6, 6.07) is 28.9. The van der Waals surface area contributed by atoms with E-state index in [1.807, 2.05) is 48.5 Å². The summed E-state index contributed by atoms with van der Waals surface area (Å²) in [5, 5.41) is 4.27. The second kappa shape index (κ2) is 10.9. The molecule has 4 N–H and O–H groups in total. The molecule has 5 nitrogen and oxygen atoms in total. The molecular formula is C27H27N3O2S. The minimum absolute atomic E-state index is 0.0280. The summed E-state index contributed by atoms with van der Waals surface area (Å²) < 4.78 is 0. The number of para-hydroxylation sites is 1. The molecule has 168 valence electrons. The monoisotopic (exact) mass is 457 g/mol. The molecule has 0 saturated carbocycles. The standard InChI is InChI=1S/C27H27N3O2S/c28-24(31)18-33-16-15-25(32)29-17-22(19-9-3-1-4-10-19)26-21-13-7-8-14-23(21)30-27(26)20-11-5-2-6-12-20/h1-14,22,30H,15-18H2,(H2,28,31)(H,29,32). The van der Waals surface area contributed by atoms with Crippen LogP contribution >= 0.6 is 11.8 Å². The lowest BCUT2D eigenvalue weighted by molar-refractivity contribution is -0.120. The van der Waals surface area contributed by atoms with Crippen molar-refractivity contribution in [2.45, 2.75) is 12.3 Å². The van der Waals surface area contributed by atoms with Crippen molar-refractivity contribution in [1.82, 2.24) is 10.3 Å². The number of rotatable bonds is 10. The number of thioether (sulfide) groups is 1. The topological polar surface area (TPSA) is 88.0 Å². The molecule has 1 aromatic heterocycles. The molecule has 0 spiro atoms. The minimum atomic E-state index is -0.364. The molecule has 4 aromatic rings. The third kappa shape index (κ3) is 5.65. The van der Waals surface area contributed by atoms with Crippen molar-refractivity contribution in [3.63, 3.8) is 0 Å². The number of H-pyrrole nitrogens is 1. The fourth-order valence-corrected chi connectivity index (χ4v) is 4.75. The van der Waals surface area contributed by atoms with E-state index in [1.165, 1.54) is 17.3 Å². The van der Waals surface area contributed by atoms with E-state index in [1.54, 1.807) is 0 Å². The predicted octanol–water partition coefficient (Wildman–Crippen LogP) is 4.69. The number of carbonyl (C=O) groups excluding carboxylic acids is 2. The Morgan fingerprint density at radius 3 is 2.30 bits per heavy atom. The molecule has 0 fully saturated rings. The van der Waals surface area contributed by atoms with Gasteiger partial charge in [-0.3, -0.25) is 9.59 Å². The fourth-order valence-electron chi connectivity index (χ4n) is 4.07. The van der Waals surface area contributed by atoms with Gasteiger partial charge in [-0.1, -0.05) is 78.9 Å². The molecule has 6 heteroatoms. The van der Waals surface area contributed by atoms with Gasteiger partial charge in [0.05, 0.1) is 11.4 Å². The molecule has 0 radical (unpaired) electrons. The molecule has 33 heavy (non-hydrogen) atoms. The highest BCUT2D eigenvalue weighted by Gasteiger charge is 2.23. The average Bonchev–Trinajstić information content (AvgIpc) is 3.23. The van der Waals surface area contributed by atoms with Crippen LogP contribution in [-0.2, 0) is 9.59 Å². The molecule has 2 amide bonds. The molecule has 0 saturated heterocycles. The van der Waals surface area contributed by atoms with Crippen molar-refractivity contribution in [2.24, 2.45) is 5.73 Å². The van der Waals surface area contributed by atoms with Crippen molar-refractivity contribution in [3.05, 3.63) is 96.1 Å². The van der Waals surface area contributed by atoms with Crippen LogP contribution in [0.4, 0.5) is 0 Å². The minimum Gasteiger partial charge on any atom is -0.369 e. The molecule has 0 aliphatic heterocycles. The summed E-state index contributed by atoms with van der Waals surface area (Å²) in [5.74, 6) is 0.370. The normalized spacial score (nSPS) is 11.9. The van der Waals surface area contributed by atoms with E-state index in [0.29, 0.717) is 18.7 Å². The first-order valence-corrected chi connectivity index (χ1v) is 12.1. The fraction of sp³-hybridized carbons (Fsp3) is 0.185. The van der Waals surface area contributed by atoms with Gasteiger partial charge < -0.3 is 16.0 Å². The molecule has 4 rings (SSSR count). The lowest BCUT2D eigenvalue weighted by Gasteiger charge is -2.20. The number of hydrogen-bond donors (Lipinski definition) is 3. The smallest absolute Gasteiger partial charge is 0.227 e. The molecule has 3 aromatic carbocycles. The van der Waals surface area contributed by atoms with Crippen molar-refractivity contribution >= 4 is 34.5 Å². The van der Waals surface area contributed by atoms with E-state index < -0.39 is 0 Å². The zero-order chi connectivity index (χ0) is 23.0. The summed E-state index contributed by atoms with van der Waals surface area (Å²) in [6.07, 6.45) is 0.346. The lowest BCUT2D eigenvalue weighted by Crippen LogP contribution is -2.29. The second-order valence-electron chi connectivity index (χ2n) is 7.86. The first kappa shape index (κ1) is 22.7. The maximum atomic E-state index is 12.6. The Bertz CT molecular complexity index is 1220. The van der Waals surface area contributed by atoms with Gasteiger partial charge in [-0.25, -0.2) is 0 Å². The van der Waals surface area contributed by atoms with Crippen LogP contribution in [0.15, 0.2) is 84.9 Å². The van der Waals surface area contributed by atoms with Gasteiger partial charge in [0, 0.05) is 35.5 Å². The Labute approximate surface area is 197 Å².